The fraction of sp³-hybridized carbons (Fsp3) is 0.0192. The van der Waals surface area contributed by atoms with Crippen molar-refractivity contribution in [3.63, 3.8) is 0 Å². The van der Waals surface area contributed by atoms with Gasteiger partial charge in [-0.2, -0.15) is 0 Å². The fourth-order valence-electron chi connectivity index (χ4n) is 8.71. The lowest BCUT2D eigenvalue weighted by atomic mass is 9.67. The van der Waals surface area contributed by atoms with E-state index in [0.717, 1.165) is 38.9 Å². The first-order valence-electron chi connectivity index (χ1n) is 18.7. The van der Waals surface area contributed by atoms with Crippen molar-refractivity contribution in [2.75, 3.05) is 0 Å². The van der Waals surface area contributed by atoms with E-state index in [9.17, 15) is 0 Å². The third-order valence-corrected chi connectivity index (χ3v) is 11.2. The van der Waals surface area contributed by atoms with Crippen molar-refractivity contribution in [1.29, 1.82) is 0 Å². The quantitative estimate of drug-likeness (QED) is 0.179. The zero-order valence-corrected chi connectivity index (χ0v) is 29.8. The summed E-state index contributed by atoms with van der Waals surface area (Å²) in [6, 6.07) is 70.6. The average Bonchev–Trinajstić information content (AvgIpc) is 3.55. The number of benzene rings is 8. The number of aromatic nitrogens is 1. The van der Waals surface area contributed by atoms with Gasteiger partial charge in [0.15, 0.2) is 23.0 Å². The Balaban J connectivity index is 0.957. The Morgan fingerprint density at radius 2 is 0.927 bits per heavy atom. The second-order valence-electron chi connectivity index (χ2n) is 14.3. The van der Waals surface area contributed by atoms with Crippen LogP contribution >= 0.6 is 0 Å². The Morgan fingerprint density at radius 1 is 0.345 bits per heavy atom. The highest BCUT2D eigenvalue weighted by molar-refractivity contribution is 5.97. The van der Waals surface area contributed by atoms with Crippen LogP contribution in [0.25, 0.3) is 55.5 Å². The number of ether oxygens (including phenoxy) is 2. The van der Waals surface area contributed by atoms with Gasteiger partial charge in [-0.1, -0.05) is 164 Å². The molecule has 0 radical (unpaired) electrons. The summed E-state index contributed by atoms with van der Waals surface area (Å²) in [4.78, 5) is 5.06. The summed E-state index contributed by atoms with van der Waals surface area (Å²) in [6.07, 6.45) is 0. The SMILES string of the molecule is c1ccc(-c2cc(-c3ccc(-c4ccc5c(c4)Oc4cc6c(cc4O5)C(c4ccccc4)(c4ccccc4)c4ccccc4-6)cc3)nc3ccccc23)cc1. The van der Waals surface area contributed by atoms with Crippen LogP contribution in [-0.4, -0.2) is 4.98 Å². The first-order chi connectivity index (χ1) is 27.2. The molecule has 2 aliphatic rings. The monoisotopic (exact) mass is 703 g/mol. The number of rotatable bonds is 5. The van der Waals surface area contributed by atoms with Gasteiger partial charge in [-0.3, -0.25) is 0 Å². The highest BCUT2D eigenvalue weighted by atomic mass is 16.6. The molecule has 0 unspecified atom stereocenters. The Morgan fingerprint density at radius 3 is 1.69 bits per heavy atom. The maximum absolute atomic E-state index is 6.71. The molecule has 3 heteroatoms. The van der Waals surface area contributed by atoms with Crippen LogP contribution in [0.1, 0.15) is 22.3 Å². The Bertz CT molecular complexity index is 2860. The van der Waals surface area contributed by atoms with E-state index in [1.54, 1.807) is 0 Å². The standard InChI is InChI=1S/C52H33NO2/c1-4-14-35(15-5-1)42-31-47(53-46-23-13-11-21-41(42)46)36-26-24-34(25-27-36)37-28-29-48-49(30-37)55-50-32-43-40-20-10-12-22-44(40)52(38-16-6-2-7-17-38,39-18-8-3-9-19-39)45(43)33-51(50)54-48/h1-33H. The van der Waals surface area contributed by atoms with Gasteiger partial charge in [-0.15, -0.1) is 0 Å². The van der Waals surface area contributed by atoms with E-state index >= 15 is 0 Å². The second kappa shape index (κ2) is 12.4. The molecule has 2 heterocycles. The van der Waals surface area contributed by atoms with E-state index in [1.165, 1.54) is 38.9 Å². The first kappa shape index (κ1) is 31.3. The minimum Gasteiger partial charge on any atom is -0.450 e. The van der Waals surface area contributed by atoms with Crippen LogP contribution in [0, 0.1) is 0 Å². The number of fused-ring (bicyclic) bond motifs is 6. The van der Waals surface area contributed by atoms with Crippen molar-refractivity contribution in [2.24, 2.45) is 0 Å². The van der Waals surface area contributed by atoms with E-state index in [4.69, 9.17) is 14.5 Å². The Labute approximate surface area is 319 Å². The Kier molecular flexibility index (Phi) is 7.08. The second-order valence-corrected chi connectivity index (χ2v) is 14.3. The van der Waals surface area contributed by atoms with Crippen LogP contribution in [-0.2, 0) is 5.41 Å². The number of nitrogens with zero attached hydrogens (tertiary/aromatic N) is 1. The molecule has 1 aromatic heterocycles. The number of para-hydroxylation sites is 1. The molecule has 3 nitrogen and oxygen atoms in total. The van der Waals surface area contributed by atoms with E-state index < -0.39 is 5.41 Å². The van der Waals surface area contributed by atoms with E-state index in [-0.39, 0.29) is 0 Å². The summed E-state index contributed by atoms with van der Waals surface area (Å²) in [5, 5.41) is 1.15. The summed E-state index contributed by atoms with van der Waals surface area (Å²) in [5.41, 5.74) is 14.2. The summed E-state index contributed by atoms with van der Waals surface area (Å²) in [5.74, 6) is 2.82. The summed E-state index contributed by atoms with van der Waals surface area (Å²) in [6.45, 7) is 0. The van der Waals surface area contributed by atoms with Crippen LogP contribution in [0.2, 0.25) is 0 Å². The molecular formula is C52H33NO2. The molecule has 1 aliphatic carbocycles. The molecule has 9 aromatic rings. The van der Waals surface area contributed by atoms with Gasteiger partial charge < -0.3 is 9.47 Å². The van der Waals surface area contributed by atoms with Crippen molar-refractivity contribution in [3.8, 4) is 67.6 Å². The molecule has 0 spiro atoms. The maximum Gasteiger partial charge on any atom is 0.170 e. The summed E-state index contributed by atoms with van der Waals surface area (Å²) >= 11 is 0. The van der Waals surface area contributed by atoms with Gasteiger partial charge in [-0.05, 0) is 92.0 Å². The van der Waals surface area contributed by atoms with Crippen molar-refractivity contribution in [2.45, 2.75) is 5.41 Å². The molecule has 1 aliphatic heterocycles. The molecule has 0 bridgehead atoms. The predicted octanol–water partition coefficient (Wildman–Crippen LogP) is 13.5. The molecule has 0 fully saturated rings. The minimum absolute atomic E-state index is 0.505. The molecule has 0 N–H and O–H groups in total. The van der Waals surface area contributed by atoms with Crippen LogP contribution in [0.3, 0.4) is 0 Å². The predicted molar refractivity (Wildman–Crippen MR) is 222 cm³/mol. The van der Waals surface area contributed by atoms with Crippen LogP contribution in [0.5, 0.6) is 23.0 Å². The van der Waals surface area contributed by atoms with Gasteiger partial charge in [0, 0.05) is 10.9 Å². The number of hydrogen-bond donors (Lipinski definition) is 0. The Hall–Kier alpha value is -7.23. The number of pyridine rings is 1. The van der Waals surface area contributed by atoms with E-state index in [2.05, 4.69) is 188 Å². The van der Waals surface area contributed by atoms with Crippen LogP contribution < -0.4 is 9.47 Å². The van der Waals surface area contributed by atoms with Crippen molar-refractivity contribution >= 4 is 10.9 Å². The van der Waals surface area contributed by atoms with Gasteiger partial charge in [0.1, 0.15) is 0 Å². The molecule has 55 heavy (non-hydrogen) atoms. The summed E-state index contributed by atoms with van der Waals surface area (Å²) < 4.78 is 13.4. The van der Waals surface area contributed by atoms with Gasteiger partial charge in [0.25, 0.3) is 0 Å². The topological polar surface area (TPSA) is 31.4 Å². The van der Waals surface area contributed by atoms with E-state index in [1.807, 2.05) is 12.1 Å². The van der Waals surface area contributed by atoms with Gasteiger partial charge in [0.2, 0.25) is 0 Å². The molecular weight excluding hydrogens is 671 g/mol. The first-order valence-corrected chi connectivity index (χ1v) is 18.7. The summed E-state index contributed by atoms with van der Waals surface area (Å²) in [7, 11) is 0. The van der Waals surface area contributed by atoms with E-state index in [0.29, 0.717) is 23.0 Å². The molecule has 0 saturated carbocycles. The lowest BCUT2D eigenvalue weighted by molar-refractivity contribution is 0.359. The van der Waals surface area contributed by atoms with Gasteiger partial charge >= 0.3 is 0 Å². The highest BCUT2D eigenvalue weighted by Crippen LogP contribution is 2.59. The third kappa shape index (κ3) is 4.94. The molecule has 8 aromatic carbocycles. The van der Waals surface area contributed by atoms with Crippen molar-refractivity contribution in [3.05, 3.63) is 222 Å². The van der Waals surface area contributed by atoms with Crippen molar-refractivity contribution < 1.29 is 9.47 Å². The average molecular weight is 704 g/mol. The normalized spacial score (nSPS) is 13.2. The van der Waals surface area contributed by atoms with Crippen molar-refractivity contribution in [1.82, 2.24) is 4.98 Å². The fourth-order valence-corrected chi connectivity index (χ4v) is 8.71. The minimum atomic E-state index is -0.505. The molecule has 258 valence electrons. The number of hydrogen-bond acceptors (Lipinski definition) is 3. The lowest BCUT2D eigenvalue weighted by Crippen LogP contribution is -2.28. The van der Waals surface area contributed by atoms with Crippen LogP contribution in [0.15, 0.2) is 200 Å². The zero-order chi connectivity index (χ0) is 36.3. The third-order valence-electron chi connectivity index (χ3n) is 11.2. The van der Waals surface area contributed by atoms with Gasteiger partial charge in [-0.25, -0.2) is 4.98 Å². The largest absolute Gasteiger partial charge is 0.450 e. The lowest BCUT2D eigenvalue weighted by Gasteiger charge is -2.34. The molecule has 0 saturated heterocycles. The molecule has 11 rings (SSSR count). The highest BCUT2D eigenvalue weighted by Gasteiger charge is 2.47. The maximum atomic E-state index is 6.71. The molecule has 0 atom stereocenters. The van der Waals surface area contributed by atoms with Crippen LogP contribution in [0.4, 0.5) is 0 Å². The smallest absolute Gasteiger partial charge is 0.170 e. The zero-order valence-electron chi connectivity index (χ0n) is 29.8. The molecule has 0 amide bonds. The van der Waals surface area contributed by atoms with Gasteiger partial charge in [0.05, 0.1) is 16.6 Å².